The molecule has 1 saturated carbocycles. The van der Waals surface area contributed by atoms with Crippen LogP contribution in [0.25, 0.3) is 0 Å². The highest BCUT2D eigenvalue weighted by Gasteiger charge is 2.34. The van der Waals surface area contributed by atoms with Gasteiger partial charge in [-0.25, -0.2) is 4.98 Å². The second-order valence-corrected chi connectivity index (χ2v) is 4.52. The number of hydrogen-bond donors (Lipinski definition) is 0. The van der Waals surface area contributed by atoms with Crippen molar-refractivity contribution < 1.29 is 9.59 Å². The van der Waals surface area contributed by atoms with Crippen LogP contribution in [0.3, 0.4) is 0 Å². The molecule has 0 unspecified atom stereocenters. The smallest absolute Gasteiger partial charge is 0.338 e. The monoisotopic (exact) mass is 279 g/mol. The lowest BCUT2D eigenvalue weighted by Crippen LogP contribution is -2.37. The normalized spacial score (nSPS) is 14.3. The Morgan fingerprint density at radius 2 is 2.38 bits per heavy atom. The number of anilines is 1. The number of pyridine rings is 1. The fourth-order valence-electron chi connectivity index (χ4n) is 1.38. The SMILES string of the molecule is O=C[B]N(C(=O)C1CC1)c1cc(Br)ccn1. The van der Waals surface area contributed by atoms with Crippen LogP contribution in [0, 0.1) is 5.92 Å². The number of amides is 1. The summed E-state index contributed by atoms with van der Waals surface area (Å²) in [5, 5.41) is 0. The quantitative estimate of drug-likeness (QED) is 0.618. The molecule has 0 aliphatic heterocycles. The Bertz CT molecular complexity index is 423. The van der Waals surface area contributed by atoms with E-state index in [9.17, 15) is 9.59 Å². The van der Waals surface area contributed by atoms with E-state index in [1.54, 1.807) is 18.3 Å². The largest absolute Gasteiger partial charge is 0.338 e. The van der Waals surface area contributed by atoms with Crippen LogP contribution in [-0.2, 0) is 9.59 Å². The molecule has 6 heteroatoms. The van der Waals surface area contributed by atoms with Gasteiger partial charge < -0.3 is 9.61 Å². The zero-order chi connectivity index (χ0) is 11.5. The Morgan fingerprint density at radius 1 is 1.62 bits per heavy atom. The van der Waals surface area contributed by atoms with Crippen LogP contribution in [-0.4, -0.2) is 24.5 Å². The maximum atomic E-state index is 11.9. The molecule has 0 spiro atoms. The minimum absolute atomic E-state index is 0.0528. The molecule has 2 rings (SSSR count). The fourth-order valence-corrected chi connectivity index (χ4v) is 1.70. The summed E-state index contributed by atoms with van der Waals surface area (Å²) in [6.45, 7) is 0. The van der Waals surface area contributed by atoms with Gasteiger partial charge in [0.1, 0.15) is 12.0 Å². The summed E-state index contributed by atoms with van der Waals surface area (Å²) in [5.41, 5.74) is 0. The number of halogens is 1. The zero-order valence-electron chi connectivity index (χ0n) is 8.47. The lowest BCUT2D eigenvalue weighted by atomic mass is 9.93. The minimum atomic E-state index is -0.0577. The first kappa shape index (κ1) is 11.3. The Labute approximate surface area is 102 Å². The highest BCUT2D eigenvalue weighted by Crippen LogP contribution is 2.32. The van der Waals surface area contributed by atoms with E-state index < -0.39 is 0 Å². The van der Waals surface area contributed by atoms with Crippen molar-refractivity contribution in [1.82, 2.24) is 4.98 Å². The summed E-state index contributed by atoms with van der Waals surface area (Å²) >= 11 is 3.30. The third-order valence-corrected chi connectivity index (χ3v) is 2.82. The van der Waals surface area contributed by atoms with Gasteiger partial charge in [0, 0.05) is 16.6 Å². The molecule has 1 heterocycles. The maximum Gasteiger partial charge on any atom is 0.338 e. The molecule has 1 radical (unpaired) electrons. The first-order valence-corrected chi connectivity index (χ1v) is 5.75. The van der Waals surface area contributed by atoms with Crippen LogP contribution in [0.1, 0.15) is 12.8 Å². The summed E-state index contributed by atoms with van der Waals surface area (Å²) in [4.78, 5) is 27.8. The number of carbonyl (C=O) groups is 2. The van der Waals surface area contributed by atoms with E-state index in [4.69, 9.17) is 0 Å². The third kappa shape index (κ3) is 2.50. The molecule has 1 amide bonds. The van der Waals surface area contributed by atoms with E-state index in [0.29, 0.717) is 12.0 Å². The Hall–Kier alpha value is -1.17. The van der Waals surface area contributed by atoms with E-state index in [1.807, 2.05) is 0 Å². The number of aromatic nitrogens is 1. The van der Waals surface area contributed by atoms with Crippen LogP contribution in [0.4, 0.5) is 5.82 Å². The van der Waals surface area contributed by atoms with E-state index in [-0.39, 0.29) is 11.8 Å². The molecule has 0 aromatic carbocycles. The van der Waals surface area contributed by atoms with Crippen molar-refractivity contribution >= 4 is 41.3 Å². The fraction of sp³-hybridized carbons (Fsp3) is 0.300. The molecule has 1 fully saturated rings. The van der Waals surface area contributed by atoms with Gasteiger partial charge in [0.05, 0.1) is 0 Å². The van der Waals surface area contributed by atoms with Crippen molar-refractivity contribution in [2.75, 3.05) is 4.81 Å². The molecule has 1 aliphatic rings. The van der Waals surface area contributed by atoms with Crippen molar-refractivity contribution in [1.29, 1.82) is 0 Å². The van der Waals surface area contributed by atoms with Gasteiger partial charge >= 0.3 is 7.41 Å². The second-order valence-electron chi connectivity index (χ2n) is 3.60. The van der Waals surface area contributed by atoms with Crippen LogP contribution >= 0.6 is 15.9 Å². The lowest BCUT2D eigenvalue weighted by Gasteiger charge is -2.18. The van der Waals surface area contributed by atoms with Crippen molar-refractivity contribution in [3.8, 4) is 0 Å². The van der Waals surface area contributed by atoms with Gasteiger partial charge in [0.25, 0.3) is 0 Å². The number of carbonyl (C=O) groups excluding carboxylic acids is 2. The Morgan fingerprint density at radius 3 is 2.94 bits per heavy atom. The van der Waals surface area contributed by atoms with E-state index in [0.717, 1.165) is 17.3 Å². The maximum absolute atomic E-state index is 11.9. The molecule has 81 valence electrons. The zero-order valence-corrected chi connectivity index (χ0v) is 10.1. The standard InChI is InChI=1S/C10H9BBrN2O2/c12-8-3-4-13-9(5-8)14(11-6-15)10(16)7-1-2-7/h3-7H,1-2H2. The molecule has 0 N–H and O–H groups in total. The Kier molecular flexibility index (Phi) is 3.38. The van der Waals surface area contributed by atoms with Crippen molar-refractivity contribution in [2.45, 2.75) is 12.8 Å². The average molecular weight is 280 g/mol. The van der Waals surface area contributed by atoms with Crippen LogP contribution in [0.2, 0.25) is 0 Å². The van der Waals surface area contributed by atoms with Gasteiger partial charge in [-0.3, -0.25) is 4.79 Å². The van der Waals surface area contributed by atoms with Crippen molar-refractivity contribution in [3.05, 3.63) is 22.8 Å². The molecule has 4 nitrogen and oxygen atoms in total. The molecule has 16 heavy (non-hydrogen) atoms. The molecule has 0 bridgehead atoms. The van der Waals surface area contributed by atoms with Gasteiger partial charge in [-0.1, -0.05) is 15.9 Å². The number of rotatable bonds is 4. The molecule has 1 aromatic heterocycles. The van der Waals surface area contributed by atoms with Gasteiger partial charge in [-0.15, -0.1) is 0 Å². The molecule has 0 saturated heterocycles. The molecule has 1 aromatic rings. The molecular formula is C10H9BBrN2O2. The summed E-state index contributed by atoms with van der Waals surface area (Å²) in [5.74, 6) is 0.466. The minimum Gasteiger partial charge on any atom is -0.338 e. The highest BCUT2D eigenvalue weighted by molar-refractivity contribution is 9.10. The van der Waals surface area contributed by atoms with Crippen LogP contribution < -0.4 is 4.81 Å². The van der Waals surface area contributed by atoms with Gasteiger partial charge in [-0.05, 0) is 25.0 Å². The predicted octanol–water partition coefficient (Wildman–Crippen LogP) is 1.40. The highest BCUT2D eigenvalue weighted by atomic mass is 79.9. The van der Waals surface area contributed by atoms with E-state index in [2.05, 4.69) is 20.9 Å². The predicted molar refractivity (Wildman–Crippen MR) is 64.7 cm³/mol. The summed E-state index contributed by atoms with van der Waals surface area (Å²) < 4.78 is 0.824. The molecule has 1 aliphatic carbocycles. The van der Waals surface area contributed by atoms with Crippen molar-refractivity contribution in [2.24, 2.45) is 5.92 Å². The summed E-state index contributed by atoms with van der Waals surface area (Å²) in [7, 11) is 1.22. The molecular weight excluding hydrogens is 271 g/mol. The second kappa shape index (κ2) is 4.78. The van der Waals surface area contributed by atoms with E-state index in [1.165, 1.54) is 12.2 Å². The van der Waals surface area contributed by atoms with Gasteiger partial charge in [-0.2, -0.15) is 0 Å². The van der Waals surface area contributed by atoms with Crippen molar-refractivity contribution in [3.63, 3.8) is 0 Å². The third-order valence-electron chi connectivity index (χ3n) is 2.33. The van der Waals surface area contributed by atoms with Gasteiger partial charge in [0.2, 0.25) is 5.91 Å². The van der Waals surface area contributed by atoms with Gasteiger partial charge in [0.15, 0.2) is 0 Å². The number of nitrogens with zero attached hydrogens (tertiary/aromatic N) is 2. The molecule has 0 atom stereocenters. The average Bonchev–Trinajstić information content (AvgIpc) is 3.08. The van der Waals surface area contributed by atoms with E-state index >= 15 is 0 Å². The summed E-state index contributed by atoms with van der Waals surface area (Å²) in [6, 6.07) is 3.48. The van der Waals surface area contributed by atoms with Crippen LogP contribution in [0.15, 0.2) is 22.8 Å². The van der Waals surface area contributed by atoms with Crippen LogP contribution in [0.5, 0.6) is 0 Å². The number of hydrogen-bond acceptors (Lipinski definition) is 3. The summed E-state index contributed by atoms with van der Waals surface area (Å²) in [6.07, 6.45) is 3.99. The first-order valence-electron chi connectivity index (χ1n) is 4.95. The Balaban J connectivity index is 2.23. The first-order chi connectivity index (χ1) is 7.72. The lowest BCUT2D eigenvalue weighted by molar-refractivity contribution is -0.118. The topological polar surface area (TPSA) is 50.3 Å².